The maximum absolute atomic E-state index is 5.92. The van der Waals surface area contributed by atoms with Crippen LogP contribution in [0.15, 0.2) is 0 Å². The second-order valence-corrected chi connectivity index (χ2v) is 4.11. The zero-order chi connectivity index (χ0) is 9.57. The smallest absolute Gasteiger partial charge is 0.0700 e. The number of halogens is 1. The van der Waals surface area contributed by atoms with E-state index in [1.54, 1.807) is 7.11 Å². The molecule has 0 N–H and O–H groups in total. The van der Waals surface area contributed by atoms with Crippen molar-refractivity contribution in [3.63, 3.8) is 0 Å². The average Bonchev–Trinajstić information content (AvgIpc) is 2.09. The van der Waals surface area contributed by atoms with Crippen LogP contribution in [0.2, 0.25) is 0 Å². The minimum absolute atomic E-state index is 0.411. The predicted molar refractivity (Wildman–Crippen MR) is 54.3 cm³/mol. The summed E-state index contributed by atoms with van der Waals surface area (Å²) in [7, 11) is 1.69. The van der Waals surface area contributed by atoms with Crippen molar-refractivity contribution in [3.8, 4) is 0 Å². The molecule has 0 aromatic rings. The third kappa shape index (κ3) is 3.45. The van der Waals surface area contributed by atoms with Gasteiger partial charge in [0.15, 0.2) is 0 Å². The van der Waals surface area contributed by atoms with Gasteiger partial charge >= 0.3 is 0 Å². The first-order valence-corrected chi connectivity index (χ1v) is 5.49. The van der Waals surface area contributed by atoms with Gasteiger partial charge in [-0.15, -0.1) is 11.6 Å². The lowest BCUT2D eigenvalue weighted by atomic mass is 9.68. The molecule has 1 saturated carbocycles. The number of hydrogen-bond acceptors (Lipinski definition) is 2. The Bertz CT molecular complexity index is 129. The van der Waals surface area contributed by atoms with E-state index in [4.69, 9.17) is 21.1 Å². The van der Waals surface area contributed by atoms with E-state index in [9.17, 15) is 0 Å². The van der Waals surface area contributed by atoms with Crippen LogP contribution in [-0.4, -0.2) is 32.8 Å². The maximum atomic E-state index is 5.92. The fraction of sp³-hybridized carbons (Fsp3) is 1.00. The van der Waals surface area contributed by atoms with Gasteiger partial charge in [-0.3, -0.25) is 0 Å². The van der Waals surface area contributed by atoms with E-state index in [0.717, 1.165) is 18.9 Å². The van der Waals surface area contributed by atoms with Crippen LogP contribution in [0.1, 0.15) is 25.7 Å². The number of rotatable bonds is 7. The first kappa shape index (κ1) is 11.3. The molecule has 0 saturated heterocycles. The monoisotopic (exact) mass is 206 g/mol. The van der Waals surface area contributed by atoms with Crippen molar-refractivity contribution < 1.29 is 9.47 Å². The van der Waals surface area contributed by atoms with Crippen molar-refractivity contribution in [3.05, 3.63) is 0 Å². The Morgan fingerprint density at radius 1 is 1.23 bits per heavy atom. The van der Waals surface area contributed by atoms with Gasteiger partial charge in [-0.1, -0.05) is 6.42 Å². The largest absolute Gasteiger partial charge is 0.382 e. The third-order valence-corrected chi connectivity index (χ3v) is 3.47. The van der Waals surface area contributed by atoms with E-state index in [-0.39, 0.29) is 0 Å². The Morgan fingerprint density at radius 2 is 2.00 bits per heavy atom. The Balaban J connectivity index is 1.98. The minimum atomic E-state index is 0.411. The highest BCUT2D eigenvalue weighted by atomic mass is 35.5. The molecule has 0 aliphatic heterocycles. The molecule has 0 bridgehead atoms. The molecule has 0 heterocycles. The van der Waals surface area contributed by atoms with Gasteiger partial charge in [0.2, 0.25) is 0 Å². The molecule has 0 unspecified atom stereocenters. The molecule has 3 heteroatoms. The number of methoxy groups -OCH3 is 1. The van der Waals surface area contributed by atoms with Crippen LogP contribution in [0.25, 0.3) is 0 Å². The molecule has 1 rings (SSSR count). The highest BCUT2D eigenvalue weighted by molar-refractivity contribution is 6.18. The number of hydrogen-bond donors (Lipinski definition) is 0. The van der Waals surface area contributed by atoms with Crippen molar-refractivity contribution in [2.45, 2.75) is 25.7 Å². The van der Waals surface area contributed by atoms with E-state index in [1.165, 1.54) is 19.3 Å². The van der Waals surface area contributed by atoms with Crippen molar-refractivity contribution in [2.24, 2.45) is 5.41 Å². The summed E-state index contributed by atoms with van der Waals surface area (Å²) < 4.78 is 10.3. The van der Waals surface area contributed by atoms with Crippen molar-refractivity contribution in [2.75, 3.05) is 32.8 Å². The average molecular weight is 207 g/mol. The molecule has 2 nitrogen and oxygen atoms in total. The topological polar surface area (TPSA) is 18.5 Å². The molecule has 0 atom stereocenters. The Morgan fingerprint density at radius 3 is 2.46 bits per heavy atom. The fourth-order valence-corrected chi connectivity index (χ4v) is 2.06. The van der Waals surface area contributed by atoms with Gasteiger partial charge in [-0.25, -0.2) is 0 Å². The normalized spacial score (nSPS) is 19.8. The zero-order valence-electron chi connectivity index (χ0n) is 8.35. The molecular formula is C10H19ClO2. The summed E-state index contributed by atoms with van der Waals surface area (Å²) in [5.74, 6) is 0.792. The molecule has 0 radical (unpaired) electrons. The summed E-state index contributed by atoms with van der Waals surface area (Å²) in [4.78, 5) is 0. The third-order valence-electron chi connectivity index (χ3n) is 2.91. The molecule has 0 aromatic carbocycles. The van der Waals surface area contributed by atoms with Crippen LogP contribution >= 0.6 is 11.6 Å². The first-order valence-electron chi connectivity index (χ1n) is 4.96. The van der Waals surface area contributed by atoms with Gasteiger partial charge in [0, 0.05) is 19.6 Å². The summed E-state index contributed by atoms with van der Waals surface area (Å²) in [6.07, 6.45) is 5.01. The number of ether oxygens (including phenoxy) is 2. The van der Waals surface area contributed by atoms with Gasteiger partial charge in [-0.2, -0.15) is 0 Å². The minimum Gasteiger partial charge on any atom is -0.382 e. The summed E-state index contributed by atoms with van der Waals surface area (Å²) in [5.41, 5.74) is 0.411. The quantitative estimate of drug-likeness (QED) is 0.471. The number of alkyl halides is 1. The van der Waals surface area contributed by atoms with Crippen molar-refractivity contribution in [1.29, 1.82) is 0 Å². The van der Waals surface area contributed by atoms with Gasteiger partial charge in [-0.05, 0) is 24.7 Å². The summed E-state index contributed by atoms with van der Waals surface area (Å²) in [5, 5.41) is 0. The van der Waals surface area contributed by atoms with Gasteiger partial charge in [0.1, 0.15) is 0 Å². The fourth-order valence-electron chi connectivity index (χ4n) is 1.66. The zero-order valence-corrected chi connectivity index (χ0v) is 9.11. The van der Waals surface area contributed by atoms with Crippen LogP contribution in [0.5, 0.6) is 0 Å². The van der Waals surface area contributed by atoms with Gasteiger partial charge in [0.25, 0.3) is 0 Å². The van der Waals surface area contributed by atoms with E-state index in [1.807, 2.05) is 0 Å². The summed E-state index contributed by atoms with van der Waals surface area (Å²) >= 11 is 5.92. The van der Waals surface area contributed by atoms with Crippen LogP contribution < -0.4 is 0 Å². The van der Waals surface area contributed by atoms with E-state index in [0.29, 0.717) is 18.6 Å². The van der Waals surface area contributed by atoms with Crippen molar-refractivity contribution in [1.82, 2.24) is 0 Å². The molecule has 1 aliphatic carbocycles. The van der Waals surface area contributed by atoms with Crippen LogP contribution in [0, 0.1) is 5.41 Å². The molecule has 78 valence electrons. The lowest BCUT2D eigenvalue weighted by Gasteiger charge is -2.40. The van der Waals surface area contributed by atoms with Crippen LogP contribution in [-0.2, 0) is 9.47 Å². The molecule has 0 amide bonds. The molecule has 1 fully saturated rings. The second kappa shape index (κ2) is 5.84. The maximum Gasteiger partial charge on any atom is 0.0700 e. The Kier molecular flexibility index (Phi) is 5.07. The predicted octanol–water partition coefficient (Wildman–Crippen LogP) is 2.45. The molecule has 1 aliphatic rings. The Labute approximate surface area is 85.5 Å². The highest BCUT2D eigenvalue weighted by Gasteiger charge is 2.35. The second-order valence-electron chi connectivity index (χ2n) is 3.84. The molecule has 13 heavy (non-hydrogen) atoms. The van der Waals surface area contributed by atoms with Crippen LogP contribution in [0.3, 0.4) is 0 Å². The summed E-state index contributed by atoms with van der Waals surface area (Å²) in [6.45, 7) is 2.22. The van der Waals surface area contributed by atoms with E-state index in [2.05, 4.69) is 0 Å². The van der Waals surface area contributed by atoms with E-state index >= 15 is 0 Å². The highest BCUT2D eigenvalue weighted by Crippen LogP contribution is 2.44. The molecular weight excluding hydrogens is 188 g/mol. The van der Waals surface area contributed by atoms with Gasteiger partial charge in [0.05, 0.1) is 13.2 Å². The summed E-state index contributed by atoms with van der Waals surface area (Å²) in [6, 6.07) is 0. The van der Waals surface area contributed by atoms with Crippen LogP contribution in [0.4, 0.5) is 0 Å². The molecule has 0 spiro atoms. The first-order chi connectivity index (χ1) is 6.33. The Hall–Kier alpha value is 0.210. The lowest BCUT2D eigenvalue weighted by Crippen LogP contribution is -2.32. The van der Waals surface area contributed by atoms with Crippen molar-refractivity contribution >= 4 is 11.6 Å². The standard InChI is InChI=1S/C10H19ClO2/c1-12-7-8-13-6-5-10(9-11)3-2-4-10/h2-9H2,1H3. The van der Waals surface area contributed by atoms with Gasteiger partial charge < -0.3 is 9.47 Å². The molecule has 0 aromatic heterocycles. The lowest BCUT2D eigenvalue weighted by molar-refractivity contribution is 0.0364. The van der Waals surface area contributed by atoms with E-state index < -0.39 is 0 Å². The SMILES string of the molecule is COCCOCCC1(CCl)CCC1.